The van der Waals surface area contributed by atoms with E-state index in [0.29, 0.717) is 17.3 Å². The van der Waals surface area contributed by atoms with Crippen molar-refractivity contribution in [1.82, 2.24) is 0 Å². The topological polar surface area (TPSA) is 46.2 Å². The first kappa shape index (κ1) is 18.1. The molecule has 24 heavy (non-hydrogen) atoms. The maximum atomic E-state index is 12.8. The highest BCUT2D eigenvalue weighted by atomic mass is 32.2. The average molecular weight is 353 g/mol. The first-order chi connectivity index (χ1) is 11.5. The van der Waals surface area contributed by atoms with Gasteiger partial charge in [-0.15, -0.1) is 0 Å². The lowest BCUT2D eigenvalue weighted by Crippen LogP contribution is -2.14. The fraction of sp³-hybridized carbons (Fsp3) is 0.176. The second-order valence-electron chi connectivity index (χ2n) is 4.85. The Kier molecular flexibility index (Phi) is 6.43. The normalized spacial score (nSPS) is 10.7. The Labute approximate surface area is 141 Å². The van der Waals surface area contributed by atoms with Crippen LogP contribution in [-0.4, -0.2) is 17.4 Å². The van der Waals surface area contributed by atoms with Crippen LogP contribution >= 0.6 is 11.8 Å². The van der Waals surface area contributed by atoms with E-state index in [4.69, 9.17) is 0 Å². The summed E-state index contributed by atoms with van der Waals surface area (Å²) in [5.74, 6) is -3.78. The molecule has 0 saturated heterocycles. The molecule has 0 unspecified atom stereocenters. The highest BCUT2D eigenvalue weighted by Gasteiger charge is 2.13. The Balaban J connectivity index is 1.92. The van der Waals surface area contributed by atoms with Gasteiger partial charge in [-0.3, -0.25) is 9.59 Å². The summed E-state index contributed by atoms with van der Waals surface area (Å²) in [6.07, 6.45) is -0.147. The average Bonchev–Trinajstić information content (AvgIpc) is 2.54. The summed E-state index contributed by atoms with van der Waals surface area (Å²) < 4.78 is 37.8. The Morgan fingerprint density at radius 3 is 2.33 bits per heavy atom. The largest absolute Gasteiger partial charge is 0.325 e. The molecule has 1 amide bonds. The lowest BCUT2D eigenvalue weighted by Gasteiger charge is -2.10. The quantitative estimate of drug-likeness (QED) is 0.578. The van der Waals surface area contributed by atoms with Gasteiger partial charge in [0.15, 0.2) is 5.78 Å². The Morgan fingerprint density at radius 2 is 1.67 bits per heavy atom. The number of ketones is 1. The lowest BCUT2D eigenvalue weighted by atomic mass is 10.1. The third-order valence-electron chi connectivity index (χ3n) is 3.12. The smallest absolute Gasteiger partial charge is 0.288 e. The molecule has 3 nitrogen and oxygen atoms in total. The number of carbonyl (C=O) groups is 2. The summed E-state index contributed by atoms with van der Waals surface area (Å²) in [6.45, 7) is 0. The van der Waals surface area contributed by atoms with Crippen molar-refractivity contribution in [2.75, 3.05) is 5.32 Å². The highest BCUT2D eigenvalue weighted by molar-refractivity contribution is 7.99. The van der Waals surface area contributed by atoms with Crippen molar-refractivity contribution in [3.8, 4) is 0 Å². The molecule has 0 bridgehead atoms. The number of anilines is 1. The Morgan fingerprint density at radius 1 is 1.00 bits per heavy atom. The van der Waals surface area contributed by atoms with Crippen molar-refractivity contribution in [2.45, 2.75) is 23.5 Å². The zero-order valence-corrected chi connectivity index (χ0v) is 13.3. The summed E-state index contributed by atoms with van der Waals surface area (Å²) in [7, 11) is 0. The zero-order chi connectivity index (χ0) is 17.5. The van der Waals surface area contributed by atoms with E-state index in [9.17, 15) is 22.8 Å². The highest BCUT2D eigenvalue weighted by Crippen LogP contribution is 2.31. The number of carbonyl (C=O) groups excluding carboxylic acids is 2. The zero-order valence-electron chi connectivity index (χ0n) is 12.5. The van der Waals surface area contributed by atoms with E-state index in [2.05, 4.69) is 5.32 Å². The van der Waals surface area contributed by atoms with Crippen molar-refractivity contribution < 1.29 is 22.8 Å². The monoisotopic (exact) mass is 353 g/mol. The van der Waals surface area contributed by atoms with Crippen LogP contribution < -0.4 is 5.32 Å². The summed E-state index contributed by atoms with van der Waals surface area (Å²) in [6, 6.07) is 11.3. The number of alkyl halides is 2. The minimum Gasteiger partial charge on any atom is -0.325 e. The van der Waals surface area contributed by atoms with Gasteiger partial charge >= 0.3 is 0 Å². The van der Waals surface area contributed by atoms with Gasteiger partial charge in [-0.1, -0.05) is 23.9 Å². The van der Waals surface area contributed by atoms with Crippen LogP contribution in [-0.2, 0) is 4.79 Å². The molecule has 0 fully saturated rings. The summed E-state index contributed by atoms with van der Waals surface area (Å²) in [5, 5.41) is 2.53. The molecule has 2 aromatic carbocycles. The number of thioether (sulfide) groups is 1. The molecule has 1 N–H and O–H groups in total. The van der Waals surface area contributed by atoms with Crippen LogP contribution in [0.4, 0.5) is 18.9 Å². The molecule has 0 atom stereocenters. The van der Waals surface area contributed by atoms with Gasteiger partial charge in [0.05, 0.1) is 5.69 Å². The Bertz CT molecular complexity index is 720. The third kappa shape index (κ3) is 5.42. The molecule has 0 spiro atoms. The fourth-order valence-electron chi connectivity index (χ4n) is 1.99. The van der Waals surface area contributed by atoms with Crippen molar-refractivity contribution in [1.29, 1.82) is 0 Å². The molecule has 2 aromatic rings. The molecule has 7 heteroatoms. The molecule has 0 aliphatic rings. The maximum Gasteiger partial charge on any atom is 0.288 e. The SMILES string of the molecule is O=C(CCC(=O)c1ccc(F)cc1)Nc1ccccc1SC(F)F. The van der Waals surface area contributed by atoms with E-state index >= 15 is 0 Å². The van der Waals surface area contributed by atoms with E-state index in [-0.39, 0.29) is 29.2 Å². The first-order valence-corrected chi connectivity index (χ1v) is 7.96. The number of amides is 1. The Hall–Kier alpha value is -2.28. The summed E-state index contributed by atoms with van der Waals surface area (Å²) in [4.78, 5) is 24.1. The maximum absolute atomic E-state index is 12.8. The predicted octanol–water partition coefficient (Wildman–Crippen LogP) is 4.74. The van der Waals surface area contributed by atoms with E-state index in [1.54, 1.807) is 12.1 Å². The van der Waals surface area contributed by atoms with Gasteiger partial charge in [-0.25, -0.2) is 4.39 Å². The molecular formula is C17H14F3NO2S. The first-order valence-electron chi connectivity index (χ1n) is 7.08. The van der Waals surface area contributed by atoms with E-state index in [0.717, 1.165) is 0 Å². The second-order valence-corrected chi connectivity index (χ2v) is 5.88. The molecule has 2 rings (SSSR count). The number of hydrogen-bond donors (Lipinski definition) is 1. The van der Waals surface area contributed by atoms with E-state index < -0.39 is 17.5 Å². The van der Waals surface area contributed by atoms with Crippen LogP contribution in [0.5, 0.6) is 0 Å². The molecule has 0 saturated carbocycles. The molecule has 126 valence electrons. The van der Waals surface area contributed by atoms with Gasteiger partial charge < -0.3 is 5.32 Å². The summed E-state index contributed by atoms with van der Waals surface area (Å²) >= 11 is 0.339. The van der Waals surface area contributed by atoms with Crippen molar-refractivity contribution in [3.05, 3.63) is 59.9 Å². The fourth-order valence-corrected chi connectivity index (χ4v) is 2.58. The van der Waals surface area contributed by atoms with Crippen LogP contribution in [0.2, 0.25) is 0 Å². The summed E-state index contributed by atoms with van der Waals surface area (Å²) in [5.41, 5.74) is 0.597. The lowest BCUT2D eigenvalue weighted by molar-refractivity contribution is -0.116. The van der Waals surface area contributed by atoms with Crippen molar-refractivity contribution in [3.63, 3.8) is 0 Å². The minimum absolute atomic E-state index is 0.0539. The predicted molar refractivity (Wildman–Crippen MR) is 86.9 cm³/mol. The molecule has 0 heterocycles. The van der Waals surface area contributed by atoms with E-state index in [1.165, 1.54) is 36.4 Å². The number of para-hydroxylation sites is 1. The van der Waals surface area contributed by atoms with Gasteiger partial charge in [0, 0.05) is 23.3 Å². The minimum atomic E-state index is -2.59. The van der Waals surface area contributed by atoms with Gasteiger partial charge in [-0.2, -0.15) is 8.78 Å². The van der Waals surface area contributed by atoms with Crippen LogP contribution in [0, 0.1) is 5.82 Å². The molecular weight excluding hydrogens is 339 g/mol. The van der Waals surface area contributed by atoms with Gasteiger partial charge in [0.1, 0.15) is 5.82 Å². The second kappa shape index (κ2) is 8.54. The number of nitrogens with one attached hydrogen (secondary N) is 1. The number of rotatable bonds is 7. The number of benzene rings is 2. The van der Waals surface area contributed by atoms with Crippen LogP contribution in [0.3, 0.4) is 0 Å². The number of halogens is 3. The number of hydrogen-bond acceptors (Lipinski definition) is 3. The molecule has 0 aromatic heterocycles. The third-order valence-corrected chi connectivity index (χ3v) is 3.91. The van der Waals surface area contributed by atoms with Crippen LogP contribution in [0.25, 0.3) is 0 Å². The molecule has 0 aliphatic heterocycles. The van der Waals surface area contributed by atoms with Crippen molar-refractivity contribution in [2.24, 2.45) is 0 Å². The van der Waals surface area contributed by atoms with Crippen LogP contribution in [0.15, 0.2) is 53.4 Å². The van der Waals surface area contributed by atoms with E-state index in [1.807, 2.05) is 0 Å². The van der Waals surface area contributed by atoms with Gasteiger partial charge in [0.2, 0.25) is 5.91 Å². The standard InChI is InChI=1S/C17H14F3NO2S/c18-12-7-5-11(6-8-12)14(22)9-10-16(23)21-13-3-1-2-4-15(13)24-17(19)20/h1-8,17H,9-10H2,(H,21,23). The number of Topliss-reactive ketones (excluding diaryl/α,β-unsaturated/α-hetero) is 1. The molecule has 0 radical (unpaired) electrons. The van der Waals surface area contributed by atoms with Gasteiger partial charge in [0.25, 0.3) is 5.76 Å². The molecule has 0 aliphatic carbocycles. The van der Waals surface area contributed by atoms with Crippen molar-refractivity contribution >= 4 is 29.1 Å². The van der Waals surface area contributed by atoms with Crippen LogP contribution in [0.1, 0.15) is 23.2 Å². The van der Waals surface area contributed by atoms with Gasteiger partial charge in [-0.05, 0) is 36.4 Å².